The summed E-state index contributed by atoms with van der Waals surface area (Å²) in [5.41, 5.74) is 2.31. The molecule has 27 heavy (non-hydrogen) atoms. The Kier molecular flexibility index (Phi) is 5.04. The molecule has 5 heteroatoms. The number of allylic oxidation sites excluding steroid dienone is 2. The van der Waals surface area contributed by atoms with Crippen LogP contribution in [0.5, 0.6) is 11.5 Å². The minimum absolute atomic E-state index is 0.0421. The minimum Gasteiger partial charge on any atom is -0.511 e. The fraction of sp³-hybridized carbons (Fsp3) is 0.318. The number of Topliss-reactive ketones (excluding diaryl/α,β-unsaturated/α-hetero) is 1. The predicted octanol–water partition coefficient (Wildman–Crippen LogP) is 6.73. The van der Waals surface area contributed by atoms with E-state index in [0.29, 0.717) is 22.1 Å². The fourth-order valence-electron chi connectivity index (χ4n) is 4.11. The summed E-state index contributed by atoms with van der Waals surface area (Å²) in [6.45, 7) is 2.05. The van der Waals surface area contributed by atoms with Gasteiger partial charge in [0.05, 0.1) is 10.6 Å². The number of fused-ring (bicyclic) bond motifs is 2. The Morgan fingerprint density at radius 1 is 1.15 bits per heavy atom. The molecule has 3 nitrogen and oxygen atoms in total. The van der Waals surface area contributed by atoms with Gasteiger partial charge in [0.15, 0.2) is 5.78 Å². The molecule has 2 aromatic carbocycles. The van der Waals surface area contributed by atoms with Crippen LogP contribution in [0.3, 0.4) is 0 Å². The second kappa shape index (κ2) is 7.33. The number of aliphatic hydroxyl groups is 1. The average Bonchev–Trinajstić information content (AvgIpc) is 3.11. The summed E-state index contributed by atoms with van der Waals surface area (Å²) in [6.07, 6.45) is 3.31. The monoisotopic (exact) mass is 446 g/mol. The number of aliphatic hydroxyl groups excluding tert-OH is 1. The van der Waals surface area contributed by atoms with Gasteiger partial charge in [0.1, 0.15) is 17.3 Å². The Labute approximate surface area is 172 Å². The zero-order chi connectivity index (χ0) is 19.1. The van der Waals surface area contributed by atoms with Crippen molar-refractivity contribution in [3.8, 4) is 11.5 Å². The Balaban J connectivity index is 1.74. The van der Waals surface area contributed by atoms with Crippen LogP contribution in [0.15, 0.2) is 46.6 Å². The molecule has 2 bridgehead atoms. The standard InChI is InChI=1S/C22H20BrClO3/c1-2-12-5-6-15(27-16-7-8-18(23)19(24)11-16)10-17(12)20-21(25)13-3-4-14(9-13)22(20)26/h5-8,10-11,13-14,25H,2-4,9H2,1H3/t13-,14+/m0/s1. The number of hydrogen-bond donors (Lipinski definition) is 1. The van der Waals surface area contributed by atoms with E-state index in [1.54, 1.807) is 6.07 Å². The molecule has 1 saturated carbocycles. The van der Waals surface area contributed by atoms with E-state index in [4.69, 9.17) is 16.3 Å². The lowest BCUT2D eigenvalue weighted by atomic mass is 9.81. The molecule has 0 spiro atoms. The normalized spacial score (nSPS) is 21.7. The van der Waals surface area contributed by atoms with Crippen molar-refractivity contribution in [1.82, 2.24) is 0 Å². The lowest BCUT2D eigenvalue weighted by Crippen LogP contribution is -2.21. The third-order valence-electron chi connectivity index (χ3n) is 5.55. The zero-order valence-electron chi connectivity index (χ0n) is 15.0. The fourth-order valence-corrected chi connectivity index (χ4v) is 4.53. The summed E-state index contributed by atoms with van der Waals surface area (Å²) >= 11 is 9.51. The first-order chi connectivity index (χ1) is 13.0. The van der Waals surface area contributed by atoms with E-state index < -0.39 is 0 Å². The third kappa shape index (κ3) is 3.41. The van der Waals surface area contributed by atoms with Crippen LogP contribution in [0.1, 0.15) is 37.3 Å². The molecule has 2 atom stereocenters. The van der Waals surface area contributed by atoms with Gasteiger partial charge in [-0.15, -0.1) is 0 Å². The van der Waals surface area contributed by atoms with Crippen molar-refractivity contribution >= 4 is 38.9 Å². The third-order valence-corrected chi connectivity index (χ3v) is 6.78. The highest BCUT2D eigenvalue weighted by Gasteiger charge is 2.41. The second-order valence-corrected chi connectivity index (χ2v) is 8.44. The number of rotatable bonds is 4. The topological polar surface area (TPSA) is 46.5 Å². The van der Waals surface area contributed by atoms with Crippen molar-refractivity contribution in [3.63, 3.8) is 0 Å². The van der Waals surface area contributed by atoms with Crippen LogP contribution >= 0.6 is 27.5 Å². The molecular weight excluding hydrogens is 428 g/mol. The molecular formula is C22H20BrClO3. The van der Waals surface area contributed by atoms with Gasteiger partial charge in [-0.1, -0.05) is 24.6 Å². The van der Waals surface area contributed by atoms with Gasteiger partial charge in [-0.3, -0.25) is 4.79 Å². The number of carbonyl (C=O) groups excluding carboxylic acids is 1. The molecule has 1 fully saturated rings. The number of aryl methyl sites for hydroxylation is 1. The van der Waals surface area contributed by atoms with E-state index in [0.717, 1.165) is 41.3 Å². The van der Waals surface area contributed by atoms with Gasteiger partial charge in [-0.25, -0.2) is 0 Å². The van der Waals surface area contributed by atoms with E-state index in [1.807, 2.05) is 37.3 Å². The van der Waals surface area contributed by atoms with Crippen molar-refractivity contribution in [1.29, 1.82) is 0 Å². The van der Waals surface area contributed by atoms with Crippen LogP contribution < -0.4 is 4.74 Å². The molecule has 2 aromatic rings. The van der Waals surface area contributed by atoms with Gasteiger partial charge in [-0.05, 0) is 77.0 Å². The Morgan fingerprint density at radius 2 is 1.85 bits per heavy atom. The average molecular weight is 448 g/mol. The first-order valence-electron chi connectivity index (χ1n) is 9.21. The van der Waals surface area contributed by atoms with Crippen molar-refractivity contribution in [2.75, 3.05) is 0 Å². The molecule has 0 radical (unpaired) electrons. The van der Waals surface area contributed by atoms with Crippen LogP contribution in [-0.4, -0.2) is 10.9 Å². The van der Waals surface area contributed by atoms with E-state index in [-0.39, 0.29) is 23.4 Å². The molecule has 0 amide bonds. The van der Waals surface area contributed by atoms with Crippen molar-refractivity contribution in [2.45, 2.75) is 32.6 Å². The first kappa shape index (κ1) is 18.6. The molecule has 0 aliphatic heterocycles. The summed E-state index contributed by atoms with van der Waals surface area (Å²) in [7, 11) is 0. The van der Waals surface area contributed by atoms with Crippen LogP contribution in [-0.2, 0) is 11.2 Å². The summed E-state index contributed by atoms with van der Waals surface area (Å²) in [4.78, 5) is 12.9. The van der Waals surface area contributed by atoms with Gasteiger partial charge in [0.2, 0.25) is 0 Å². The van der Waals surface area contributed by atoms with E-state index in [1.165, 1.54) is 0 Å². The maximum absolute atomic E-state index is 12.9. The predicted molar refractivity (Wildman–Crippen MR) is 110 cm³/mol. The molecule has 0 saturated heterocycles. The number of ether oxygens (including phenoxy) is 1. The highest BCUT2D eigenvalue weighted by Crippen LogP contribution is 2.46. The van der Waals surface area contributed by atoms with Crippen LogP contribution in [0.2, 0.25) is 5.02 Å². The SMILES string of the molecule is CCc1ccc(Oc2ccc(Br)c(Cl)c2)cc1C1=C(O)[C@H]2CC[C@H](C2)C1=O. The maximum Gasteiger partial charge on any atom is 0.169 e. The first-order valence-corrected chi connectivity index (χ1v) is 10.4. The smallest absolute Gasteiger partial charge is 0.169 e. The molecule has 0 aromatic heterocycles. The molecule has 0 heterocycles. The molecule has 0 unspecified atom stereocenters. The molecule has 2 aliphatic rings. The Hall–Kier alpha value is -1.78. The Bertz CT molecular complexity index is 951. The summed E-state index contributed by atoms with van der Waals surface area (Å²) < 4.78 is 6.77. The van der Waals surface area contributed by atoms with Gasteiger partial charge in [0.25, 0.3) is 0 Å². The number of hydrogen-bond acceptors (Lipinski definition) is 3. The second-order valence-electron chi connectivity index (χ2n) is 7.18. The lowest BCUT2D eigenvalue weighted by molar-refractivity contribution is -0.117. The number of ketones is 1. The van der Waals surface area contributed by atoms with E-state index in [2.05, 4.69) is 15.9 Å². The van der Waals surface area contributed by atoms with Gasteiger partial charge in [-0.2, -0.15) is 0 Å². The highest BCUT2D eigenvalue weighted by molar-refractivity contribution is 9.10. The van der Waals surface area contributed by atoms with Crippen LogP contribution in [0, 0.1) is 11.8 Å². The molecule has 4 rings (SSSR count). The summed E-state index contributed by atoms with van der Waals surface area (Å²) in [5, 5.41) is 11.3. The quantitative estimate of drug-likeness (QED) is 0.565. The summed E-state index contributed by atoms with van der Waals surface area (Å²) in [6, 6.07) is 11.1. The molecule has 1 N–H and O–H groups in total. The number of halogens is 2. The zero-order valence-corrected chi connectivity index (χ0v) is 17.3. The van der Waals surface area contributed by atoms with E-state index >= 15 is 0 Å². The van der Waals surface area contributed by atoms with Crippen molar-refractivity contribution in [3.05, 3.63) is 62.8 Å². The van der Waals surface area contributed by atoms with Crippen LogP contribution in [0.25, 0.3) is 5.57 Å². The summed E-state index contributed by atoms with van der Waals surface area (Å²) in [5.74, 6) is 1.72. The molecule has 140 valence electrons. The largest absolute Gasteiger partial charge is 0.511 e. The van der Waals surface area contributed by atoms with Gasteiger partial charge >= 0.3 is 0 Å². The van der Waals surface area contributed by atoms with Gasteiger partial charge < -0.3 is 9.84 Å². The minimum atomic E-state index is 0.0421. The molecule has 2 aliphatic carbocycles. The highest BCUT2D eigenvalue weighted by atomic mass is 79.9. The van der Waals surface area contributed by atoms with Crippen molar-refractivity contribution in [2.24, 2.45) is 11.8 Å². The lowest BCUT2D eigenvalue weighted by Gasteiger charge is -2.23. The van der Waals surface area contributed by atoms with Crippen LogP contribution in [0.4, 0.5) is 0 Å². The number of benzene rings is 2. The van der Waals surface area contributed by atoms with E-state index in [9.17, 15) is 9.90 Å². The number of carbonyl (C=O) groups is 1. The Morgan fingerprint density at radius 3 is 2.59 bits per heavy atom. The van der Waals surface area contributed by atoms with Crippen molar-refractivity contribution < 1.29 is 14.6 Å². The maximum atomic E-state index is 12.9. The van der Waals surface area contributed by atoms with Gasteiger partial charge in [0, 0.05) is 22.4 Å².